The Balaban J connectivity index is 2.24. The molecule has 15 heavy (non-hydrogen) atoms. The van der Waals surface area contributed by atoms with Gasteiger partial charge in [0.2, 0.25) is 0 Å². The van der Waals surface area contributed by atoms with E-state index in [1.54, 1.807) is 6.20 Å². The van der Waals surface area contributed by atoms with E-state index in [9.17, 15) is 0 Å². The van der Waals surface area contributed by atoms with Crippen molar-refractivity contribution in [3.8, 4) is 0 Å². The lowest BCUT2D eigenvalue weighted by Gasteiger charge is -2.23. The largest absolute Gasteiger partial charge is 0.351 e. The highest BCUT2D eigenvalue weighted by atomic mass is 79.9. The van der Waals surface area contributed by atoms with E-state index < -0.39 is 0 Å². The van der Waals surface area contributed by atoms with Crippen LogP contribution in [-0.4, -0.2) is 24.1 Å². The van der Waals surface area contributed by atoms with Crippen LogP contribution in [0.15, 0.2) is 16.7 Å². The van der Waals surface area contributed by atoms with Crippen molar-refractivity contribution in [2.75, 3.05) is 18.0 Å². The lowest BCUT2D eigenvalue weighted by atomic mass is 10.4. The molecule has 0 amide bonds. The number of hydrogen-bond donors (Lipinski definition) is 1. The maximum Gasteiger partial charge on any atom is 0.143 e. The van der Waals surface area contributed by atoms with Crippen LogP contribution in [0.3, 0.4) is 0 Å². The molecular formula is C10H13BrClN3. The number of halogens is 2. The molecule has 2 rings (SSSR count). The van der Waals surface area contributed by atoms with Gasteiger partial charge in [0.15, 0.2) is 0 Å². The van der Waals surface area contributed by atoms with Crippen molar-refractivity contribution in [1.82, 2.24) is 4.98 Å². The van der Waals surface area contributed by atoms with E-state index in [1.165, 1.54) is 12.8 Å². The molecule has 0 atom stereocenters. The topological polar surface area (TPSA) is 42.1 Å². The Kier molecular flexibility index (Phi) is 3.49. The smallest absolute Gasteiger partial charge is 0.143 e. The van der Waals surface area contributed by atoms with Crippen LogP contribution in [0.5, 0.6) is 0 Å². The first-order valence-electron chi connectivity index (χ1n) is 5.00. The summed E-state index contributed by atoms with van der Waals surface area (Å²) in [5.41, 5.74) is 5.60. The minimum atomic E-state index is 0.610. The first-order valence-corrected chi connectivity index (χ1v) is 6.17. The molecule has 1 heterocycles. The number of aromatic nitrogens is 1. The highest BCUT2D eigenvalue weighted by Crippen LogP contribution is 2.34. The molecule has 0 unspecified atom stereocenters. The van der Waals surface area contributed by atoms with Crippen LogP contribution in [0.2, 0.25) is 5.02 Å². The number of pyridine rings is 1. The molecule has 1 aromatic rings. The SMILES string of the molecule is NCCN(c1ncc(Cl)cc1Br)C1CC1. The standard InChI is InChI=1S/C10H13BrClN3/c11-9-5-7(12)6-14-10(9)15(4-3-13)8-1-2-8/h5-6,8H,1-4,13H2. The number of hydrogen-bond acceptors (Lipinski definition) is 3. The summed E-state index contributed by atoms with van der Waals surface area (Å²) in [5.74, 6) is 0.951. The van der Waals surface area contributed by atoms with Gasteiger partial charge in [-0.2, -0.15) is 0 Å². The van der Waals surface area contributed by atoms with Crippen LogP contribution in [0.4, 0.5) is 5.82 Å². The highest BCUT2D eigenvalue weighted by Gasteiger charge is 2.30. The van der Waals surface area contributed by atoms with Crippen molar-refractivity contribution in [2.24, 2.45) is 5.73 Å². The van der Waals surface area contributed by atoms with Crippen molar-refractivity contribution in [3.05, 3.63) is 21.8 Å². The van der Waals surface area contributed by atoms with Gasteiger partial charge in [-0.05, 0) is 34.8 Å². The Morgan fingerprint density at radius 1 is 1.60 bits per heavy atom. The number of nitrogens with two attached hydrogens (primary N) is 1. The summed E-state index contributed by atoms with van der Waals surface area (Å²) in [4.78, 5) is 6.60. The van der Waals surface area contributed by atoms with Gasteiger partial charge in [-0.1, -0.05) is 11.6 Å². The normalized spacial score (nSPS) is 15.4. The molecule has 2 N–H and O–H groups in total. The predicted molar refractivity (Wildman–Crippen MR) is 66.4 cm³/mol. The molecule has 1 aliphatic carbocycles. The fourth-order valence-corrected chi connectivity index (χ4v) is 2.47. The van der Waals surface area contributed by atoms with E-state index in [4.69, 9.17) is 17.3 Å². The van der Waals surface area contributed by atoms with Crippen molar-refractivity contribution >= 4 is 33.3 Å². The predicted octanol–water partition coefficient (Wildman–Crippen LogP) is 2.42. The highest BCUT2D eigenvalue weighted by molar-refractivity contribution is 9.10. The molecule has 3 nitrogen and oxygen atoms in total. The molecule has 1 saturated carbocycles. The van der Waals surface area contributed by atoms with Crippen LogP contribution >= 0.6 is 27.5 Å². The van der Waals surface area contributed by atoms with Crippen LogP contribution in [-0.2, 0) is 0 Å². The Hall–Kier alpha value is -0.320. The minimum absolute atomic E-state index is 0.610. The van der Waals surface area contributed by atoms with E-state index in [0.717, 1.165) is 16.8 Å². The van der Waals surface area contributed by atoms with Crippen LogP contribution in [0.1, 0.15) is 12.8 Å². The Bertz CT molecular complexity index is 355. The first kappa shape index (κ1) is 11.2. The van der Waals surface area contributed by atoms with Gasteiger partial charge >= 0.3 is 0 Å². The summed E-state index contributed by atoms with van der Waals surface area (Å²) in [7, 11) is 0. The summed E-state index contributed by atoms with van der Waals surface area (Å²) < 4.78 is 0.940. The van der Waals surface area contributed by atoms with E-state index in [2.05, 4.69) is 25.8 Å². The van der Waals surface area contributed by atoms with Gasteiger partial charge in [-0.25, -0.2) is 4.98 Å². The van der Waals surface area contributed by atoms with E-state index >= 15 is 0 Å². The van der Waals surface area contributed by atoms with Gasteiger partial charge in [-0.3, -0.25) is 0 Å². The second-order valence-corrected chi connectivity index (χ2v) is 4.96. The average molecular weight is 291 g/mol. The molecule has 0 spiro atoms. The molecular weight excluding hydrogens is 277 g/mol. The molecule has 0 saturated heterocycles. The van der Waals surface area contributed by atoms with Gasteiger partial charge in [-0.15, -0.1) is 0 Å². The first-order chi connectivity index (χ1) is 7.22. The van der Waals surface area contributed by atoms with Gasteiger partial charge in [0.1, 0.15) is 5.82 Å². The maximum absolute atomic E-state index is 5.86. The number of anilines is 1. The quantitative estimate of drug-likeness (QED) is 0.926. The minimum Gasteiger partial charge on any atom is -0.351 e. The summed E-state index contributed by atoms with van der Waals surface area (Å²) >= 11 is 9.34. The molecule has 5 heteroatoms. The zero-order chi connectivity index (χ0) is 10.8. The Labute approximate surface area is 103 Å². The summed E-state index contributed by atoms with van der Waals surface area (Å²) in [6.07, 6.45) is 4.14. The number of nitrogens with zero attached hydrogens (tertiary/aromatic N) is 2. The molecule has 82 valence electrons. The summed E-state index contributed by atoms with van der Waals surface area (Å²) in [5, 5.41) is 0.647. The molecule has 1 aliphatic rings. The maximum atomic E-state index is 5.86. The third-order valence-electron chi connectivity index (χ3n) is 2.42. The fourth-order valence-electron chi connectivity index (χ4n) is 1.61. The monoisotopic (exact) mass is 289 g/mol. The molecule has 0 aliphatic heterocycles. The average Bonchev–Trinajstić information content (AvgIpc) is 2.98. The Morgan fingerprint density at radius 2 is 2.33 bits per heavy atom. The van der Waals surface area contributed by atoms with Crippen molar-refractivity contribution in [3.63, 3.8) is 0 Å². The van der Waals surface area contributed by atoms with Gasteiger partial charge in [0, 0.05) is 25.3 Å². The van der Waals surface area contributed by atoms with Crippen molar-refractivity contribution in [1.29, 1.82) is 0 Å². The van der Waals surface area contributed by atoms with Crippen molar-refractivity contribution < 1.29 is 0 Å². The van der Waals surface area contributed by atoms with Crippen LogP contribution < -0.4 is 10.6 Å². The molecule has 1 fully saturated rings. The van der Waals surface area contributed by atoms with E-state index in [0.29, 0.717) is 17.6 Å². The molecule has 0 bridgehead atoms. The third-order valence-corrected chi connectivity index (χ3v) is 3.21. The zero-order valence-corrected chi connectivity index (χ0v) is 10.6. The fraction of sp³-hybridized carbons (Fsp3) is 0.500. The molecule has 0 radical (unpaired) electrons. The van der Waals surface area contributed by atoms with Gasteiger partial charge in [0.05, 0.1) is 9.50 Å². The lowest BCUT2D eigenvalue weighted by Crippen LogP contribution is -2.32. The van der Waals surface area contributed by atoms with E-state index in [1.807, 2.05) is 6.07 Å². The second-order valence-electron chi connectivity index (χ2n) is 3.67. The number of rotatable bonds is 4. The van der Waals surface area contributed by atoms with Gasteiger partial charge < -0.3 is 10.6 Å². The molecule has 0 aromatic carbocycles. The van der Waals surface area contributed by atoms with Crippen LogP contribution in [0, 0.1) is 0 Å². The lowest BCUT2D eigenvalue weighted by molar-refractivity contribution is 0.769. The van der Waals surface area contributed by atoms with Crippen molar-refractivity contribution in [2.45, 2.75) is 18.9 Å². The summed E-state index contributed by atoms with van der Waals surface area (Å²) in [6, 6.07) is 2.48. The molecule has 1 aromatic heterocycles. The third kappa shape index (κ3) is 2.62. The second kappa shape index (κ2) is 4.68. The zero-order valence-electron chi connectivity index (χ0n) is 8.29. The Morgan fingerprint density at radius 3 is 2.87 bits per heavy atom. The van der Waals surface area contributed by atoms with Crippen LogP contribution in [0.25, 0.3) is 0 Å². The van der Waals surface area contributed by atoms with E-state index in [-0.39, 0.29) is 0 Å². The van der Waals surface area contributed by atoms with Gasteiger partial charge in [0.25, 0.3) is 0 Å². The summed E-state index contributed by atoms with van der Waals surface area (Å²) in [6.45, 7) is 1.49.